The Kier molecular flexibility index (Phi) is 4.14. The standard InChI is InChI=1S/C11H19NO2/c1-9-4-6-12(8-9)7-5-10(2)11(13)14-3/h5,9H,4,6-8H2,1-3H3. The zero-order chi connectivity index (χ0) is 10.6. The normalized spacial score (nSPS) is 23.9. The summed E-state index contributed by atoms with van der Waals surface area (Å²) in [5, 5.41) is 0. The van der Waals surface area contributed by atoms with Crippen molar-refractivity contribution in [1.82, 2.24) is 4.90 Å². The van der Waals surface area contributed by atoms with Gasteiger partial charge in [0.2, 0.25) is 0 Å². The molecule has 1 fully saturated rings. The third-order valence-corrected chi connectivity index (χ3v) is 2.67. The number of ether oxygens (including phenoxy) is 1. The molecule has 14 heavy (non-hydrogen) atoms. The van der Waals surface area contributed by atoms with Crippen LogP contribution in [-0.2, 0) is 9.53 Å². The highest BCUT2D eigenvalue weighted by Crippen LogP contribution is 2.14. The Balaban J connectivity index is 2.35. The van der Waals surface area contributed by atoms with E-state index in [2.05, 4.69) is 16.6 Å². The van der Waals surface area contributed by atoms with E-state index < -0.39 is 0 Å². The summed E-state index contributed by atoms with van der Waals surface area (Å²) in [4.78, 5) is 13.4. The summed E-state index contributed by atoms with van der Waals surface area (Å²) in [7, 11) is 1.41. The first-order chi connectivity index (χ1) is 6.63. The van der Waals surface area contributed by atoms with Crippen LogP contribution in [0.25, 0.3) is 0 Å². The third kappa shape index (κ3) is 3.14. The monoisotopic (exact) mass is 197 g/mol. The van der Waals surface area contributed by atoms with Gasteiger partial charge in [-0.1, -0.05) is 13.0 Å². The van der Waals surface area contributed by atoms with Crippen LogP contribution in [0.15, 0.2) is 11.6 Å². The molecule has 3 heteroatoms. The summed E-state index contributed by atoms with van der Waals surface area (Å²) < 4.78 is 4.62. The number of hydrogen-bond donors (Lipinski definition) is 0. The topological polar surface area (TPSA) is 29.5 Å². The van der Waals surface area contributed by atoms with Crippen molar-refractivity contribution in [3.05, 3.63) is 11.6 Å². The van der Waals surface area contributed by atoms with E-state index in [0.29, 0.717) is 5.57 Å². The van der Waals surface area contributed by atoms with Crippen LogP contribution in [-0.4, -0.2) is 37.6 Å². The first-order valence-electron chi connectivity index (χ1n) is 5.11. The molecular formula is C11H19NO2. The summed E-state index contributed by atoms with van der Waals surface area (Å²) in [5.41, 5.74) is 0.701. The van der Waals surface area contributed by atoms with E-state index >= 15 is 0 Å². The molecule has 0 radical (unpaired) electrons. The van der Waals surface area contributed by atoms with Crippen LogP contribution in [0.5, 0.6) is 0 Å². The molecule has 1 saturated heterocycles. The van der Waals surface area contributed by atoms with Crippen molar-refractivity contribution in [1.29, 1.82) is 0 Å². The second kappa shape index (κ2) is 5.15. The minimum absolute atomic E-state index is 0.225. The second-order valence-corrected chi connectivity index (χ2v) is 4.03. The summed E-state index contributed by atoms with van der Waals surface area (Å²) in [6.07, 6.45) is 3.22. The van der Waals surface area contributed by atoms with E-state index in [9.17, 15) is 4.79 Å². The number of rotatable bonds is 3. The molecule has 80 valence electrons. The second-order valence-electron chi connectivity index (χ2n) is 4.03. The van der Waals surface area contributed by atoms with Gasteiger partial charge in [-0.25, -0.2) is 4.79 Å². The van der Waals surface area contributed by atoms with Gasteiger partial charge in [-0.3, -0.25) is 4.90 Å². The van der Waals surface area contributed by atoms with Crippen molar-refractivity contribution in [2.45, 2.75) is 20.3 Å². The summed E-state index contributed by atoms with van der Waals surface area (Å²) >= 11 is 0. The SMILES string of the molecule is COC(=O)C(C)=CCN1CCC(C)C1. The highest BCUT2D eigenvalue weighted by atomic mass is 16.5. The Bertz CT molecular complexity index is 235. The van der Waals surface area contributed by atoms with Gasteiger partial charge in [0.15, 0.2) is 0 Å². The first-order valence-corrected chi connectivity index (χ1v) is 5.11. The molecule has 0 saturated carbocycles. The Hall–Kier alpha value is -0.830. The lowest BCUT2D eigenvalue weighted by Crippen LogP contribution is -2.20. The van der Waals surface area contributed by atoms with Crippen LogP contribution in [0.1, 0.15) is 20.3 Å². The van der Waals surface area contributed by atoms with Crippen molar-refractivity contribution >= 4 is 5.97 Å². The minimum Gasteiger partial charge on any atom is -0.466 e. The van der Waals surface area contributed by atoms with E-state index in [1.54, 1.807) is 6.92 Å². The van der Waals surface area contributed by atoms with Crippen LogP contribution in [0.4, 0.5) is 0 Å². The Morgan fingerprint density at radius 1 is 1.64 bits per heavy atom. The Labute approximate surface area is 85.7 Å². The molecule has 0 spiro atoms. The van der Waals surface area contributed by atoms with Crippen molar-refractivity contribution in [3.63, 3.8) is 0 Å². The highest BCUT2D eigenvalue weighted by Gasteiger charge is 2.17. The van der Waals surface area contributed by atoms with Crippen molar-refractivity contribution in [2.24, 2.45) is 5.92 Å². The lowest BCUT2D eigenvalue weighted by atomic mass is 10.2. The molecule has 0 aromatic heterocycles. The summed E-state index contributed by atoms with van der Waals surface area (Å²) in [6.45, 7) is 7.21. The predicted octanol–water partition coefficient (Wildman–Crippen LogP) is 1.45. The molecule has 0 aromatic carbocycles. The lowest BCUT2D eigenvalue weighted by molar-refractivity contribution is -0.136. The molecular weight excluding hydrogens is 178 g/mol. The van der Waals surface area contributed by atoms with Crippen LogP contribution in [0, 0.1) is 5.92 Å². The van der Waals surface area contributed by atoms with E-state index in [1.807, 2.05) is 6.08 Å². The number of carbonyl (C=O) groups excluding carboxylic acids is 1. The van der Waals surface area contributed by atoms with E-state index in [0.717, 1.165) is 25.6 Å². The summed E-state index contributed by atoms with van der Waals surface area (Å²) in [6, 6.07) is 0. The molecule has 0 aromatic rings. The molecule has 0 bridgehead atoms. The van der Waals surface area contributed by atoms with E-state index in [4.69, 9.17) is 0 Å². The molecule has 1 rings (SSSR count). The minimum atomic E-state index is -0.225. The summed E-state index contributed by atoms with van der Waals surface area (Å²) in [5.74, 6) is 0.569. The molecule has 0 aliphatic carbocycles. The van der Waals surface area contributed by atoms with Gasteiger partial charge in [-0.05, 0) is 25.8 Å². The van der Waals surface area contributed by atoms with Crippen LogP contribution in [0.3, 0.4) is 0 Å². The van der Waals surface area contributed by atoms with Gasteiger partial charge >= 0.3 is 5.97 Å². The number of nitrogens with zero attached hydrogens (tertiary/aromatic N) is 1. The Morgan fingerprint density at radius 2 is 2.36 bits per heavy atom. The zero-order valence-electron chi connectivity index (χ0n) is 9.25. The number of hydrogen-bond acceptors (Lipinski definition) is 3. The van der Waals surface area contributed by atoms with E-state index in [-0.39, 0.29) is 5.97 Å². The fraction of sp³-hybridized carbons (Fsp3) is 0.727. The van der Waals surface area contributed by atoms with E-state index in [1.165, 1.54) is 13.5 Å². The van der Waals surface area contributed by atoms with Crippen LogP contribution < -0.4 is 0 Å². The Morgan fingerprint density at radius 3 is 2.86 bits per heavy atom. The molecule has 1 atom stereocenters. The molecule has 3 nitrogen and oxygen atoms in total. The van der Waals surface area contributed by atoms with Crippen molar-refractivity contribution in [2.75, 3.05) is 26.7 Å². The van der Waals surface area contributed by atoms with Gasteiger partial charge in [-0.2, -0.15) is 0 Å². The average molecular weight is 197 g/mol. The quantitative estimate of drug-likeness (QED) is 0.506. The molecule has 0 N–H and O–H groups in total. The molecule has 1 heterocycles. The van der Waals surface area contributed by atoms with Gasteiger partial charge in [-0.15, -0.1) is 0 Å². The maximum Gasteiger partial charge on any atom is 0.333 e. The molecule has 0 amide bonds. The number of esters is 1. The average Bonchev–Trinajstić information content (AvgIpc) is 2.59. The number of carbonyl (C=O) groups is 1. The van der Waals surface area contributed by atoms with Gasteiger partial charge in [0.25, 0.3) is 0 Å². The third-order valence-electron chi connectivity index (χ3n) is 2.67. The zero-order valence-corrected chi connectivity index (χ0v) is 9.25. The highest BCUT2D eigenvalue weighted by molar-refractivity contribution is 5.87. The first kappa shape index (κ1) is 11.2. The van der Waals surface area contributed by atoms with Crippen LogP contribution in [0.2, 0.25) is 0 Å². The molecule has 1 unspecified atom stereocenters. The largest absolute Gasteiger partial charge is 0.466 e. The maximum atomic E-state index is 11.1. The number of likely N-dealkylation sites (tertiary alicyclic amines) is 1. The van der Waals surface area contributed by atoms with Crippen molar-refractivity contribution < 1.29 is 9.53 Å². The number of methoxy groups -OCH3 is 1. The van der Waals surface area contributed by atoms with Crippen molar-refractivity contribution in [3.8, 4) is 0 Å². The van der Waals surface area contributed by atoms with Gasteiger partial charge in [0.1, 0.15) is 0 Å². The lowest BCUT2D eigenvalue weighted by Gasteiger charge is -2.12. The van der Waals surface area contributed by atoms with Crippen LogP contribution >= 0.6 is 0 Å². The molecule has 1 aliphatic heterocycles. The smallest absolute Gasteiger partial charge is 0.333 e. The maximum absolute atomic E-state index is 11.1. The van der Waals surface area contributed by atoms with Gasteiger partial charge < -0.3 is 4.74 Å². The van der Waals surface area contributed by atoms with Gasteiger partial charge in [0, 0.05) is 18.7 Å². The molecule has 1 aliphatic rings. The fourth-order valence-electron chi connectivity index (χ4n) is 1.70. The predicted molar refractivity (Wildman–Crippen MR) is 56.0 cm³/mol. The van der Waals surface area contributed by atoms with Gasteiger partial charge in [0.05, 0.1) is 7.11 Å². The fourth-order valence-corrected chi connectivity index (χ4v) is 1.70.